The number of nitrogens with zero attached hydrogens (tertiary/aromatic N) is 1. The molecule has 0 bridgehead atoms. The van der Waals surface area contributed by atoms with Crippen molar-refractivity contribution in [3.8, 4) is 5.75 Å². The Bertz CT molecular complexity index is 388. The van der Waals surface area contributed by atoms with Crippen molar-refractivity contribution in [2.75, 3.05) is 13.2 Å². The van der Waals surface area contributed by atoms with Gasteiger partial charge in [0, 0.05) is 5.56 Å². The molecule has 1 amide bonds. The van der Waals surface area contributed by atoms with Crippen LogP contribution in [-0.4, -0.2) is 29.2 Å². The SMILES string of the molecule is O=C(c1ccc(Br)c(O)c1)N1CCCO1. The number of aromatic hydroxyl groups is 1. The van der Waals surface area contributed by atoms with Crippen molar-refractivity contribution in [2.45, 2.75) is 6.42 Å². The van der Waals surface area contributed by atoms with Crippen molar-refractivity contribution in [3.63, 3.8) is 0 Å². The molecule has 2 rings (SSSR count). The second-order valence-electron chi connectivity index (χ2n) is 3.26. The highest BCUT2D eigenvalue weighted by Gasteiger charge is 2.21. The van der Waals surface area contributed by atoms with Gasteiger partial charge in [0.1, 0.15) is 5.75 Å². The van der Waals surface area contributed by atoms with Gasteiger partial charge in [-0.2, -0.15) is 0 Å². The molecule has 0 radical (unpaired) electrons. The molecule has 1 aliphatic rings. The fourth-order valence-corrected chi connectivity index (χ4v) is 1.64. The van der Waals surface area contributed by atoms with Crippen LogP contribution >= 0.6 is 15.9 Å². The van der Waals surface area contributed by atoms with Gasteiger partial charge in [-0.3, -0.25) is 9.63 Å². The lowest BCUT2D eigenvalue weighted by Crippen LogP contribution is -2.26. The summed E-state index contributed by atoms with van der Waals surface area (Å²) in [7, 11) is 0. The van der Waals surface area contributed by atoms with Crippen molar-refractivity contribution in [3.05, 3.63) is 28.2 Å². The lowest BCUT2D eigenvalue weighted by molar-refractivity contribution is -0.0768. The van der Waals surface area contributed by atoms with Crippen LogP contribution in [0.4, 0.5) is 0 Å². The summed E-state index contributed by atoms with van der Waals surface area (Å²) in [6, 6.07) is 4.71. The molecule has 0 spiro atoms. The van der Waals surface area contributed by atoms with Crippen LogP contribution in [0.1, 0.15) is 16.8 Å². The Morgan fingerprint density at radius 3 is 2.93 bits per heavy atom. The van der Waals surface area contributed by atoms with E-state index >= 15 is 0 Å². The molecule has 0 saturated carbocycles. The normalized spacial score (nSPS) is 15.7. The molecule has 15 heavy (non-hydrogen) atoms. The van der Waals surface area contributed by atoms with E-state index in [-0.39, 0.29) is 11.7 Å². The molecule has 0 atom stereocenters. The Morgan fingerprint density at radius 1 is 1.53 bits per heavy atom. The summed E-state index contributed by atoms with van der Waals surface area (Å²) in [4.78, 5) is 16.9. The van der Waals surface area contributed by atoms with Crippen LogP contribution in [0.3, 0.4) is 0 Å². The predicted molar refractivity (Wildman–Crippen MR) is 57.4 cm³/mol. The number of halogens is 1. The first kappa shape index (κ1) is 10.4. The van der Waals surface area contributed by atoms with E-state index in [2.05, 4.69) is 15.9 Å². The van der Waals surface area contributed by atoms with Crippen LogP contribution in [0.2, 0.25) is 0 Å². The first-order chi connectivity index (χ1) is 7.18. The molecular formula is C10H10BrNO3. The van der Waals surface area contributed by atoms with Crippen LogP contribution in [0.15, 0.2) is 22.7 Å². The minimum atomic E-state index is -0.213. The molecule has 80 valence electrons. The fraction of sp³-hybridized carbons (Fsp3) is 0.300. The zero-order valence-corrected chi connectivity index (χ0v) is 9.53. The molecular weight excluding hydrogens is 262 g/mol. The van der Waals surface area contributed by atoms with Crippen LogP contribution < -0.4 is 0 Å². The molecule has 4 nitrogen and oxygen atoms in total. The molecule has 0 unspecified atom stereocenters. The average molecular weight is 272 g/mol. The first-order valence-electron chi connectivity index (χ1n) is 4.62. The number of amides is 1. The van der Waals surface area contributed by atoms with Crippen molar-refractivity contribution < 1.29 is 14.7 Å². The van der Waals surface area contributed by atoms with Crippen LogP contribution in [0.5, 0.6) is 5.75 Å². The lowest BCUT2D eigenvalue weighted by Gasteiger charge is -2.13. The smallest absolute Gasteiger partial charge is 0.277 e. The number of carbonyl (C=O) groups excluding carboxylic acids is 1. The van der Waals surface area contributed by atoms with Gasteiger partial charge in [0.05, 0.1) is 17.6 Å². The molecule has 1 aromatic rings. The van der Waals surface area contributed by atoms with Crippen molar-refractivity contribution in [1.82, 2.24) is 5.06 Å². The summed E-state index contributed by atoms with van der Waals surface area (Å²) < 4.78 is 0.571. The first-order valence-corrected chi connectivity index (χ1v) is 5.41. The van der Waals surface area contributed by atoms with Crippen LogP contribution in [0.25, 0.3) is 0 Å². The number of hydroxylamine groups is 2. The van der Waals surface area contributed by atoms with E-state index in [0.717, 1.165) is 6.42 Å². The Hall–Kier alpha value is -1.07. The van der Waals surface area contributed by atoms with Gasteiger partial charge >= 0.3 is 0 Å². The van der Waals surface area contributed by atoms with Gasteiger partial charge in [0.25, 0.3) is 5.91 Å². The average Bonchev–Trinajstić information content (AvgIpc) is 2.74. The van der Waals surface area contributed by atoms with Gasteiger partial charge in [-0.1, -0.05) is 0 Å². The largest absolute Gasteiger partial charge is 0.507 e. The van der Waals surface area contributed by atoms with Crippen LogP contribution in [-0.2, 0) is 4.84 Å². The Labute approximate surface area is 95.5 Å². The maximum atomic E-state index is 11.8. The second-order valence-corrected chi connectivity index (χ2v) is 4.11. The number of carbonyl (C=O) groups is 1. The molecule has 5 heteroatoms. The summed E-state index contributed by atoms with van der Waals surface area (Å²) >= 11 is 3.16. The van der Waals surface area contributed by atoms with Crippen molar-refractivity contribution in [1.29, 1.82) is 0 Å². The molecule has 1 fully saturated rings. The Kier molecular flexibility index (Phi) is 2.93. The third kappa shape index (κ3) is 2.13. The zero-order chi connectivity index (χ0) is 10.8. The van der Waals surface area contributed by atoms with E-state index < -0.39 is 0 Å². The zero-order valence-electron chi connectivity index (χ0n) is 7.94. The van der Waals surface area contributed by atoms with E-state index in [4.69, 9.17) is 4.84 Å². The molecule has 1 saturated heterocycles. The highest BCUT2D eigenvalue weighted by atomic mass is 79.9. The van der Waals surface area contributed by atoms with Gasteiger partial charge in [0.2, 0.25) is 0 Å². The van der Waals surface area contributed by atoms with Crippen LogP contribution in [0, 0.1) is 0 Å². The third-order valence-electron chi connectivity index (χ3n) is 2.17. The van der Waals surface area contributed by atoms with E-state index in [9.17, 15) is 9.90 Å². The van der Waals surface area contributed by atoms with Crippen molar-refractivity contribution in [2.24, 2.45) is 0 Å². The standard InChI is InChI=1S/C10H10BrNO3/c11-8-3-2-7(6-9(8)13)10(14)12-4-1-5-15-12/h2-3,6,13H,1,4-5H2. The summed E-state index contributed by atoms with van der Waals surface area (Å²) in [6.45, 7) is 1.18. The maximum Gasteiger partial charge on any atom is 0.277 e. The highest BCUT2D eigenvalue weighted by Crippen LogP contribution is 2.25. The van der Waals surface area contributed by atoms with E-state index in [1.54, 1.807) is 12.1 Å². The monoisotopic (exact) mass is 271 g/mol. The minimum Gasteiger partial charge on any atom is -0.507 e. The number of phenolic OH excluding ortho intramolecular Hbond substituents is 1. The summed E-state index contributed by atoms with van der Waals surface area (Å²) in [5, 5.41) is 10.8. The Morgan fingerprint density at radius 2 is 2.33 bits per heavy atom. The van der Waals surface area contributed by atoms with Crippen molar-refractivity contribution >= 4 is 21.8 Å². The molecule has 0 aliphatic carbocycles. The highest BCUT2D eigenvalue weighted by molar-refractivity contribution is 9.10. The van der Waals surface area contributed by atoms with Gasteiger partial charge in [0.15, 0.2) is 0 Å². The summed E-state index contributed by atoms with van der Waals surface area (Å²) in [5.41, 5.74) is 0.428. The minimum absolute atomic E-state index is 0.0556. The molecule has 0 aromatic heterocycles. The summed E-state index contributed by atoms with van der Waals surface area (Å²) in [6.07, 6.45) is 0.855. The molecule has 1 aromatic carbocycles. The van der Waals surface area contributed by atoms with E-state index in [1.165, 1.54) is 11.1 Å². The Balaban J connectivity index is 2.21. The number of hydrogen-bond donors (Lipinski definition) is 1. The predicted octanol–water partition coefficient (Wildman–Crippen LogP) is 1.93. The van der Waals surface area contributed by atoms with Gasteiger partial charge in [-0.05, 0) is 40.5 Å². The van der Waals surface area contributed by atoms with Gasteiger partial charge in [-0.25, -0.2) is 5.06 Å². The van der Waals surface area contributed by atoms with Gasteiger partial charge in [-0.15, -0.1) is 0 Å². The fourth-order valence-electron chi connectivity index (χ4n) is 1.40. The number of phenols is 1. The molecule has 1 N–H and O–H groups in total. The molecule has 1 heterocycles. The third-order valence-corrected chi connectivity index (χ3v) is 2.84. The quantitative estimate of drug-likeness (QED) is 0.849. The maximum absolute atomic E-state index is 11.8. The number of hydrogen-bond acceptors (Lipinski definition) is 3. The summed E-state index contributed by atoms with van der Waals surface area (Å²) in [5.74, 6) is -0.157. The van der Waals surface area contributed by atoms with E-state index in [0.29, 0.717) is 23.2 Å². The second kappa shape index (κ2) is 4.20. The number of benzene rings is 1. The topological polar surface area (TPSA) is 49.8 Å². The number of rotatable bonds is 1. The lowest BCUT2D eigenvalue weighted by atomic mass is 10.2. The molecule has 1 aliphatic heterocycles. The van der Waals surface area contributed by atoms with E-state index in [1.807, 2.05) is 0 Å². The van der Waals surface area contributed by atoms with Gasteiger partial charge < -0.3 is 5.11 Å².